The fourth-order valence-electron chi connectivity index (χ4n) is 2.44. The van der Waals surface area contributed by atoms with Crippen molar-refractivity contribution >= 4 is 17.7 Å². The van der Waals surface area contributed by atoms with Crippen molar-refractivity contribution in [2.45, 2.75) is 36.9 Å². The number of benzene rings is 1. The monoisotopic (exact) mass is 319 g/mol. The second-order valence-electron chi connectivity index (χ2n) is 5.08. The third-order valence-corrected chi connectivity index (χ3v) is 4.32. The molecule has 2 rings (SSSR count). The molecule has 0 saturated carbocycles. The molecule has 0 aliphatic heterocycles. The van der Waals surface area contributed by atoms with Crippen molar-refractivity contribution in [3.63, 3.8) is 0 Å². The van der Waals surface area contributed by atoms with Gasteiger partial charge in [0.2, 0.25) is 0 Å². The molecule has 7 heteroatoms. The van der Waals surface area contributed by atoms with Gasteiger partial charge in [-0.1, -0.05) is 36.0 Å². The number of amides is 1. The minimum atomic E-state index is -4.25. The maximum atomic E-state index is 12.0. The Bertz CT molecular complexity index is 507. The molecule has 1 aromatic rings. The summed E-state index contributed by atoms with van der Waals surface area (Å²) in [7, 11) is 0. The second-order valence-corrected chi connectivity index (χ2v) is 6.24. The number of aryl methyl sites for hydroxylation is 1. The van der Waals surface area contributed by atoms with E-state index in [1.54, 1.807) is 0 Å². The van der Waals surface area contributed by atoms with Gasteiger partial charge in [-0.3, -0.25) is 4.79 Å². The van der Waals surface area contributed by atoms with Gasteiger partial charge in [0.25, 0.3) is 5.91 Å². The standard InChI is InChI=1S/C14H17F3N2OS/c15-14(16,17)21-8-7-11(18)13(20)19-12-6-5-9-3-1-2-4-10(9)12/h1-4,11-12H,5-8,18H2,(H,19,20)/p+1/t11-,12?/m0/s1. The van der Waals surface area contributed by atoms with Crippen LogP contribution in [0.15, 0.2) is 24.3 Å². The number of halogens is 3. The number of fused-ring (bicyclic) bond motifs is 1. The average Bonchev–Trinajstić information content (AvgIpc) is 2.80. The molecular formula is C14H18F3N2OS+. The Kier molecular flexibility index (Phi) is 5.16. The Morgan fingerprint density at radius 2 is 2.14 bits per heavy atom. The van der Waals surface area contributed by atoms with Gasteiger partial charge in [0.15, 0.2) is 6.04 Å². The molecule has 0 bridgehead atoms. The lowest BCUT2D eigenvalue weighted by Gasteiger charge is -2.16. The average molecular weight is 319 g/mol. The van der Waals surface area contributed by atoms with Crippen LogP contribution in [0.2, 0.25) is 0 Å². The Balaban J connectivity index is 1.82. The van der Waals surface area contributed by atoms with Gasteiger partial charge < -0.3 is 11.1 Å². The molecule has 0 fully saturated rings. The maximum absolute atomic E-state index is 12.0. The Morgan fingerprint density at radius 3 is 2.86 bits per heavy atom. The fraction of sp³-hybridized carbons (Fsp3) is 0.500. The van der Waals surface area contributed by atoms with Gasteiger partial charge >= 0.3 is 5.51 Å². The van der Waals surface area contributed by atoms with Gasteiger partial charge in [-0.15, -0.1) is 0 Å². The van der Waals surface area contributed by atoms with Crippen LogP contribution in [0.25, 0.3) is 0 Å². The molecule has 0 aromatic heterocycles. The summed E-state index contributed by atoms with van der Waals surface area (Å²) in [5.74, 6) is -0.425. The zero-order valence-electron chi connectivity index (χ0n) is 11.5. The van der Waals surface area contributed by atoms with Crippen LogP contribution < -0.4 is 11.1 Å². The van der Waals surface area contributed by atoms with Crippen molar-refractivity contribution in [2.24, 2.45) is 0 Å². The van der Waals surface area contributed by atoms with Gasteiger partial charge in [-0.25, -0.2) is 0 Å². The number of carbonyl (C=O) groups is 1. The van der Waals surface area contributed by atoms with E-state index in [9.17, 15) is 18.0 Å². The normalized spacial score (nSPS) is 19.1. The minimum Gasteiger partial charge on any atom is -0.347 e. The van der Waals surface area contributed by atoms with Gasteiger partial charge in [0.05, 0.1) is 6.04 Å². The van der Waals surface area contributed by atoms with Crippen molar-refractivity contribution in [1.82, 2.24) is 5.32 Å². The topological polar surface area (TPSA) is 56.7 Å². The van der Waals surface area contributed by atoms with E-state index in [-0.39, 0.29) is 35.9 Å². The largest absolute Gasteiger partial charge is 0.441 e. The van der Waals surface area contributed by atoms with Crippen molar-refractivity contribution in [3.05, 3.63) is 35.4 Å². The highest BCUT2D eigenvalue weighted by molar-refractivity contribution is 8.00. The van der Waals surface area contributed by atoms with Crippen molar-refractivity contribution < 1.29 is 23.7 Å². The fourth-order valence-corrected chi connectivity index (χ4v) is 3.08. The molecule has 0 saturated heterocycles. The summed E-state index contributed by atoms with van der Waals surface area (Å²) >= 11 is -0.109. The van der Waals surface area contributed by atoms with Crippen molar-refractivity contribution in [3.8, 4) is 0 Å². The Morgan fingerprint density at radius 1 is 1.43 bits per heavy atom. The van der Waals surface area contributed by atoms with E-state index in [0.29, 0.717) is 0 Å². The highest BCUT2D eigenvalue weighted by atomic mass is 32.2. The highest BCUT2D eigenvalue weighted by Gasteiger charge is 2.30. The number of thioether (sulfide) groups is 1. The quantitative estimate of drug-likeness (QED) is 0.873. The number of hydrogen-bond donors (Lipinski definition) is 2. The van der Waals surface area contributed by atoms with E-state index in [4.69, 9.17) is 0 Å². The molecule has 1 amide bonds. The van der Waals surface area contributed by atoms with Crippen molar-refractivity contribution in [1.29, 1.82) is 0 Å². The van der Waals surface area contributed by atoms with Crippen LogP contribution in [0.3, 0.4) is 0 Å². The van der Waals surface area contributed by atoms with Crippen LogP contribution in [0.4, 0.5) is 13.2 Å². The third kappa shape index (κ3) is 4.64. The summed E-state index contributed by atoms with van der Waals surface area (Å²) in [6.45, 7) is 0. The lowest BCUT2D eigenvalue weighted by Crippen LogP contribution is -2.67. The second kappa shape index (κ2) is 6.70. The van der Waals surface area contributed by atoms with Crippen LogP contribution in [0, 0.1) is 0 Å². The molecule has 4 N–H and O–H groups in total. The van der Waals surface area contributed by atoms with Crippen LogP contribution in [-0.2, 0) is 11.2 Å². The molecule has 1 unspecified atom stereocenters. The van der Waals surface area contributed by atoms with Crippen molar-refractivity contribution in [2.75, 3.05) is 5.75 Å². The molecule has 21 heavy (non-hydrogen) atoms. The summed E-state index contributed by atoms with van der Waals surface area (Å²) in [6.07, 6.45) is 1.85. The SMILES string of the molecule is [NH3+][C@@H](CCSC(F)(F)F)C(=O)NC1CCc2ccccc21. The zero-order valence-corrected chi connectivity index (χ0v) is 12.3. The first kappa shape index (κ1) is 16.2. The van der Waals surface area contributed by atoms with Crippen LogP contribution in [0.5, 0.6) is 0 Å². The smallest absolute Gasteiger partial charge is 0.347 e. The molecule has 2 atom stereocenters. The predicted molar refractivity (Wildman–Crippen MR) is 75.5 cm³/mol. The van der Waals surface area contributed by atoms with E-state index < -0.39 is 11.6 Å². The van der Waals surface area contributed by atoms with E-state index in [1.807, 2.05) is 24.3 Å². The number of rotatable bonds is 5. The van der Waals surface area contributed by atoms with Gasteiger partial charge in [0, 0.05) is 12.2 Å². The molecule has 0 spiro atoms. The van der Waals surface area contributed by atoms with Gasteiger partial charge in [-0.05, 0) is 24.0 Å². The molecule has 1 aliphatic rings. The lowest BCUT2D eigenvalue weighted by atomic mass is 10.1. The third-order valence-electron chi connectivity index (χ3n) is 3.55. The first-order valence-electron chi connectivity index (χ1n) is 6.79. The molecule has 0 radical (unpaired) electrons. The summed E-state index contributed by atoms with van der Waals surface area (Å²) < 4.78 is 36.1. The van der Waals surface area contributed by atoms with E-state index in [0.717, 1.165) is 18.4 Å². The van der Waals surface area contributed by atoms with E-state index >= 15 is 0 Å². The first-order valence-corrected chi connectivity index (χ1v) is 7.77. The minimum absolute atomic E-state index is 0.0479. The molecule has 1 aliphatic carbocycles. The van der Waals surface area contributed by atoms with Gasteiger partial charge in [0.1, 0.15) is 0 Å². The molecule has 3 nitrogen and oxygen atoms in total. The Labute approximate surface area is 125 Å². The van der Waals surface area contributed by atoms with Crippen LogP contribution in [0.1, 0.15) is 30.0 Å². The number of alkyl halides is 3. The molecular weight excluding hydrogens is 301 g/mol. The van der Waals surface area contributed by atoms with Crippen LogP contribution in [-0.4, -0.2) is 23.2 Å². The van der Waals surface area contributed by atoms with Crippen LogP contribution >= 0.6 is 11.8 Å². The lowest BCUT2D eigenvalue weighted by molar-refractivity contribution is -0.404. The summed E-state index contributed by atoms with van der Waals surface area (Å²) in [6, 6.07) is 7.18. The summed E-state index contributed by atoms with van der Waals surface area (Å²) in [5.41, 5.74) is 1.73. The highest BCUT2D eigenvalue weighted by Crippen LogP contribution is 2.31. The summed E-state index contributed by atoms with van der Waals surface area (Å²) in [4.78, 5) is 12.0. The van der Waals surface area contributed by atoms with E-state index in [1.165, 1.54) is 5.56 Å². The number of nitrogens with one attached hydrogen (secondary N) is 1. The Hall–Kier alpha value is -1.21. The predicted octanol–water partition coefficient (Wildman–Crippen LogP) is 2.04. The molecule has 1 aromatic carbocycles. The van der Waals surface area contributed by atoms with E-state index in [2.05, 4.69) is 11.1 Å². The first-order chi connectivity index (χ1) is 9.87. The number of hydrogen-bond acceptors (Lipinski definition) is 2. The molecule has 0 heterocycles. The maximum Gasteiger partial charge on any atom is 0.441 e. The molecule has 116 valence electrons. The number of quaternary nitrogens is 1. The van der Waals surface area contributed by atoms with Gasteiger partial charge in [-0.2, -0.15) is 13.2 Å². The number of carbonyl (C=O) groups excluding carboxylic acids is 1. The zero-order chi connectivity index (χ0) is 15.5. The summed E-state index contributed by atoms with van der Waals surface area (Å²) in [5, 5.41) is 2.89.